The summed E-state index contributed by atoms with van der Waals surface area (Å²) in [4.78, 5) is 0. The lowest BCUT2D eigenvalue weighted by molar-refractivity contribution is 0.733. The minimum atomic E-state index is 0.647. The van der Waals surface area contributed by atoms with Crippen molar-refractivity contribution >= 4 is 0 Å². The minimum absolute atomic E-state index is 0.647. The molecule has 0 aliphatic carbocycles. The average molecular weight is 300 g/mol. The van der Waals surface area contributed by atoms with Crippen LogP contribution in [0.4, 0.5) is 0 Å². The third kappa shape index (κ3) is 3.90. The number of hydrogen-bond donors (Lipinski definition) is 0. The molecule has 23 heavy (non-hydrogen) atoms. The van der Waals surface area contributed by atoms with Crippen LogP contribution < -0.4 is 0 Å². The topological polar surface area (TPSA) is 0 Å². The maximum Gasteiger partial charge on any atom is -0.00258 e. The number of benzene rings is 3. The van der Waals surface area contributed by atoms with Gasteiger partial charge in [0.05, 0.1) is 0 Å². The molecular weight excluding hydrogens is 276 g/mol. The van der Waals surface area contributed by atoms with Gasteiger partial charge in [0.15, 0.2) is 0 Å². The van der Waals surface area contributed by atoms with E-state index >= 15 is 0 Å². The summed E-state index contributed by atoms with van der Waals surface area (Å²) in [5.74, 6) is 0.647. The second kappa shape index (κ2) is 7.28. The predicted octanol–water partition coefficient (Wildman–Crippen LogP) is 6.46. The van der Waals surface area contributed by atoms with Crippen LogP contribution >= 0.6 is 0 Å². The minimum Gasteiger partial charge on any atom is -0.0648 e. The van der Waals surface area contributed by atoms with Gasteiger partial charge < -0.3 is 0 Å². The van der Waals surface area contributed by atoms with Gasteiger partial charge in [0.1, 0.15) is 0 Å². The lowest BCUT2D eigenvalue weighted by Gasteiger charge is -2.10. The lowest BCUT2D eigenvalue weighted by atomic mass is 9.95. The molecule has 0 amide bonds. The van der Waals surface area contributed by atoms with Crippen molar-refractivity contribution in [3.63, 3.8) is 0 Å². The highest BCUT2D eigenvalue weighted by Crippen LogP contribution is 2.22. The zero-order valence-electron chi connectivity index (χ0n) is 14.0. The van der Waals surface area contributed by atoms with Crippen molar-refractivity contribution < 1.29 is 0 Å². The molecular formula is C23H24. The Labute approximate surface area is 139 Å². The maximum absolute atomic E-state index is 2.29. The molecule has 0 radical (unpaired) electrons. The third-order valence-corrected chi connectivity index (χ3v) is 4.63. The van der Waals surface area contributed by atoms with Crippen molar-refractivity contribution in [2.45, 2.75) is 32.6 Å². The molecule has 3 aromatic rings. The van der Waals surface area contributed by atoms with Crippen molar-refractivity contribution in [1.82, 2.24) is 0 Å². The van der Waals surface area contributed by atoms with E-state index in [1.807, 2.05) is 0 Å². The largest absolute Gasteiger partial charge is 0.0648 e. The van der Waals surface area contributed by atoms with E-state index in [0.29, 0.717) is 5.92 Å². The fourth-order valence-electron chi connectivity index (χ4n) is 2.88. The molecule has 0 saturated carbocycles. The van der Waals surface area contributed by atoms with Crippen LogP contribution in [0.1, 0.15) is 42.9 Å². The molecule has 0 spiro atoms. The summed E-state index contributed by atoms with van der Waals surface area (Å²) in [5.41, 5.74) is 6.74. The van der Waals surface area contributed by atoms with Gasteiger partial charge in [-0.2, -0.15) is 0 Å². The second-order valence-electron chi connectivity index (χ2n) is 6.29. The van der Waals surface area contributed by atoms with Gasteiger partial charge >= 0.3 is 0 Å². The Morgan fingerprint density at radius 2 is 1.17 bits per heavy atom. The molecule has 0 N–H and O–H groups in total. The first-order chi connectivity index (χ1) is 11.3. The van der Waals surface area contributed by atoms with E-state index in [9.17, 15) is 0 Å². The average Bonchev–Trinajstić information content (AvgIpc) is 2.63. The van der Waals surface area contributed by atoms with Crippen molar-refractivity contribution in [3.8, 4) is 11.1 Å². The first kappa shape index (κ1) is 15.6. The summed E-state index contributed by atoms with van der Waals surface area (Å²) in [6.07, 6.45) is 2.19. The summed E-state index contributed by atoms with van der Waals surface area (Å²) in [6.45, 7) is 4.53. The van der Waals surface area contributed by atoms with Gasteiger partial charge in [-0.3, -0.25) is 0 Å². The van der Waals surface area contributed by atoms with Crippen LogP contribution in [0.25, 0.3) is 11.1 Å². The first-order valence-corrected chi connectivity index (χ1v) is 8.49. The Hall–Kier alpha value is -2.34. The monoisotopic (exact) mass is 300 g/mol. The SMILES string of the molecule is CCC(C)c1ccc(Cc2ccc(-c3ccccc3)cc2)cc1. The highest BCUT2D eigenvalue weighted by Gasteiger charge is 2.03. The molecule has 3 rings (SSSR count). The van der Waals surface area contributed by atoms with E-state index in [4.69, 9.17) is 0 Å². The molecule has 0 bridgehead atoms. The summed E-state index contributed by atoms with van der Waals surface area (Å²) in [5, 5.41) is 0. The molecule has 0 aromatic heterocycles. The van der Waals surface area contributed by atoms with E-state index in [1.54, 1.807) is 0 Å². The Morgan fingerprint density at radius 3 is 1.74 bits per heavy atom. The molecule has 0 aliphatic rings. The van der Waals surface area contributed by atoms with Gasteiger partial charge in [0.2, 0.25) is 0 Å². The van der Waals surface area contributed by atoms with Crippen molar-refractivity contribution in [1.29, 1.82) is 0 Å². The summed E-state index contributed by atoms with van der Waals surface area (Å²) in [6, 6.07) is 28.6. The zero-order valence-corrected chi connectivity index (χ0v) is 14.0. The van der Waals surface area contributed by atoms with E-state index in [1.165, 1.54) is 34.2 Å². The Morgan fingerprint density at radius 1 is 0.652 bits per heavy atom. The molecule has 1 unspecified atom stereocenters. The summed E-state index contributed by atoms with van der Waals surface area (Å²) >= 11 is 0. The van der Waals surface area contributed by atoms with E-state index < -0.39 is 0 Å². The molecule has 0 heterocycles. The molecule has 3 aromatic carbocycles. The van der Waals surface area contributed by atoms with Gasteiger partial charge in [0.25, 0.3) is 0 Å². The smallest absolute Gasteiger partial charge is 0.00258 e. The lowest BCUT2D eigenvalue weighted by Crippen LogP contribution is -1.93. The van der Waals surface area contributed by atoms with E-state index in [-0.39, 0.29) is 0 Å². The van der Waals surface area contributed by atoms with E-state index in [0.717, 1.165) is 6.42 Å². The van der Waals surface area contributed by atoms with Crippen LogP contribution in [0.5, 0.6) is 0 Å². The molecule has 0 saturated heterocycles. The molecule has 0 nitrogen and oxygen atoms in total. The fourth-order valence-corrected chi connectivity index (χ4v) is 2.88. The van der Waals surface area contributed by atoms with Crippen LogP contribution in [0, 0.1) is 0 Å². The van der Waals surface area contributed by atoms with Crippen molar-refractivity contribution in [3.05, 3.63) is 95.6 Å². The molecule has 116 valence electrons. The number of hydrogen-bond acceptors (Lipinski definition) is 0. The van der Waals surface area contributed by atoms with Crippen LogP contribution in [0.2, 0.25) is 0 Å². The zero-order chi connectivity index (χ0) is 16.1. The molecule has 0 fully saturated rings. The first-order valence-electron chi connectivity index (χ1n) is 8.49. The van der Waals surface area contributed by atoms with Gasteiger partial charge in [-0.15, -0.1) is 0 Å². The third-order valence-electron chi connectivity index (χ3n) is 4.63. The molecule has 0 aliphatic heterocycles. The summed E-state index contributed by atoms with van der Waals surface area (Å²) < 4.78 is 0. The molecule has 1 atom stereocenters. The Bertz CT molecular complexity index is 721. The molecule has 0 heteroatoms. The van der Waals surface area contributed by atoms with Crippen LogP contribution in [0.3, 0.4) is 0 Å². The highest BCUT2D eigenvalue weighted by molar-refractivity contribution is 5.63. The fraction of sp³-hybridized carbons (Fsp3) is 0.217. The van der Waals surface area contributed by atoms with E-state index in [2.05, 4.69) is 92.7 Å². The summed E-state index contributed by atoms with van der Waals surface area (Å²) in [7, 11) is 0. The van der Waals surface area contributed by atoms with Crippen molar-refractivity contribution in [2.24, 2.45) is 0 Å². The van der Waals surface area contributed by atoms with Gasteiger partial charge in [-0.1, -0.05) is 92.7 Å². The number of rotatable bonds is 5. The van der Waals surface area contributed by atoms with Crippen LogP contribution in [-0.4, -0.2) is 0 Å². The van der Waals surface area contributed by atoms with Gasteiger partial charge in [0, 0.05) is 0 Å². The highest BCUT2D eigenvalue weighted by atomic mass is 14.1. The standard InChI is InChI=1S/C23H24/c1-3-18(2)21-13-9-19(10-14-21)17-20-11-15-23(16-12-20)22-7-5-4-6-8-22/h4-16,18H,3,17H2,1-2H3. The quantitative estimate of drug-likeness (QED) is 0.507. The normalized spacial score (nSPS) is 12.1. The van der Waals surface area contributed by atoms with Crippen molar-refractivity contribution in [2.75, 3.05) is 0 Å². The van der Waals surface area contributed by atoms with Crippen LogP contribution in [0.15, 0.2) is 78.9 Å². The Balaban J connectivity index is 1.71. The predicted molar refractivity (Wildman–Crippen MR) is 99.8 cm³/mol. The Kier molecular flexibility index (Phi) is 4.92. The van der Waals surface area contributed by atoms with Crippen LogP contribution in [-0.2, 0) is 6.42 Å². The maximum atomic E-state index is 2.29. The second-order valence-corrected chi connectivity index (χ2v) is 6.29. The van der Waals surface area contributed by atoms with Gasteiger partial charge in [-0.25, -0.2) is 0 Å². The van der Waals surface area contributed by atoms with Gasteiger partial charge in [-0.05, 0) is 46.6 Å².